The monoisotopic (exact) mass is 373 g/mol. The number of hydrogen-bond donors (Lipinski definition) is 0. The Hall–Kier alpha value is -1.30. The Bertz CT molecular complexity index is 373. The minimum atomic E-state index is -0.640. The molecule has 26 heavy (non-hydrogen) atoms. The van der Waals surface area contributed by atoms with Crippen LogP contribution in [0.3, 0.4) is 0 Å². The standard InChI is InChI=1S/C20H39NO5/c1-6-7-8-9-10-11-12-13-14-25-19(22)18(17(2)3)21(4)20(23)26-16-15-24-5/h17-18H,6-16H2,1-5H3. The Morgan fingerprint density at radius 3 is 1.96 bits per heavy atom. The van der Waals surface area contributed by atoms with Crippen molar-refractivity contribution in [3.63, 3.8) is 0 Å². The van der Waals surface area contributed by atoms with Crippen molar-refractivity contribution in [2.75, 3.05) is 34.0 Å². The zero-order valence-electron chi connectivity index (χ0n) is 17.4. The summed E-state index contributed by atoms with van der Waals surface area (Å²) in [6.45, 7) is 6.90. The molecule has 1 amide bonds. The minimum Gasteiger partial charge on any atom is -0.464 e. The van der Waals surface area contributed by atoms with Crippen molar-refractivity contribution in [3.8, 4) is 0 Å². The van der Waals surface area contributed by atoms with Gasteiger partial charge in [-0.25, -0.2) is 9.59 Å². The molecule has 6 heteroatoms. The fourth-order valence-electron chi connectivity index (χ4n) is 2.80. The minimum absolute atomic E-state index is 0.0546. The molecule has 0 saturated carbocycles. The Kier molecular flexibility index (Phi) is 15.1. The van der Waals surface area contributed by atoms with Crippen LogP contribution in [0.25, 0.3) is 0 Å². The number of ether oxygens (including phenoxy) is 3. The van der Waals surface area contributed by atoms with E-state index in [1.165, 1.54) is 50.5 Å². The average molecular weight is 374 g/mol. The molecule has 0 fully saturated rings. The lowest BCUT2D eigenvalue weighted by atomic mass is 10.0. The summed E-state index contributed by atoms with van der Waals surface area (Å²) >= 11 is 0. The molecule has 0 heterocycles. The number of unbranched alkanes of at least 4 members (excludes halogenated alkanes) is 7. The summed E-state index contributed by atoms with van der Waals surface area (Å²) in [5.74, 6) is -0.421. The third-order valence-electron chi connectivity index (χ3n) is 4.33. The average Bonchev–Trinajstić information content (AvgIpc) is 2.60. The van der Waals surface area contributed by atoms with E-state index in [1.807, 2.05) is 13.8 Å². The van der Waals surface area contributed by atoms with E-state index in [4.69, 9.17) is 14.2 Å². The van der Waals surface area contributed by atoms with Gasteiger partial charge in [0.15, 0.2) is 0 Å². The Morgan fingerprint density at radius 2 is 1.42 bits per heavy atom. The number of methoxy groups -OCH3 is 1. The van der Waals surface area contributed by atoms with Gasteiger partial charge in [0.05, 0.1) is 13.2 Å². The van der Waals surface area contributed by atoms with Crippen LogP contribution in [0.2, 0.25) is 0 Å². The number of hydrogen-bond acceptors (Lipinski definition) is 5. The summed E-state index contributed by atoms with van der Waals surface area (Å²) in [6.07, 6.45) is 9.01. The summed E-state index contributed by atoms with van der Waals surface area (Å²) in [4.78, 5) is 25.7. The highest BCUT2D eigenvalue weighted by Gasteiger charge is 2.32. The molecule has 0 saturated heterocycles. The number of carbonyl (C=O) groups is 2. The van der Waals surface area contributed by atoms with Gasteiger partial charge in [0.1, 0.15) is 12.6 Å². The molecule has 0 radical (unpaired) electrons. The van der Waals surface area contributed by atoms with Gasteiger partial charge in [-0.05, 0) is 12.3 Å². The molecular formula is C20H39NO5. The van der Waals surface area contributed by atoms with E-state index >= 15 is 0 Å². The predicted molar refractivity (Wildman–Crippen MR) is 103 cm³/mol. The molecule has 1 atom stereocenters. The summed E-state index contributed by atoms with van der Waals surface area (Å²) < 4.78 is 15.3. The molecule has 0 aliphatic heterocycles. The summed E-state index contributed by atoms with van der Waals surface area (Å²) in [5.41, 5.74) is 0. The van der Waals surface area contributed by atoms with E-state index in [9.17, 15) is 9.59 Å². The van der Waals surface area contributed by atoms with Crippen molar-refractivity contribution >= 4 is 12.1 Å². The van der Waals surface area contributed by atoms with E-state index in [0.29, 0.717) is 13.2 Å². The molecule has 0 N–H and O–H groups in total. The van der Waals surface area contributed by atoms with Gasteiger partial charge in [0.2, 0.25) is 0 Å². The van der Waals surface area contributed by atoms with Gasteiger partial charge in [0, 0.05) is 14.2 Å². The van der Waals surface area contributed by atoms with E-state index < -0.39 is 12.1 Å². The smallest absolute Gasteiger partial charge is 0.410 e. The van der Waals surface area contributed by atoms with Crippen LogP contribution < -0.4 is 0 Å². The van der Waals surface area contributed by atoms with Crippen LogP contribution in [0.4, 0.5) is 4.79 Å². The van der Waals surface area contributed by atoms with Gasteiger partial charge in [-0.2, -0.15) is 0 Å². The first kappa shape index (κ1) is 24.7. The predicted octanol–water partition coefficient (Wildman–Crippen LogP) is 4.41. The second kappa shape index (κ2) is 15.9. The topological polar surface area (TPSA) is 65.1 Å². The van der Waals surface area contributed by atoms with Crippen LogP contribution in [-0.4, -0.2) is 57.0 Å². The van der Waals surface area contributed by atoms with Crippen molar-refractivity contribution in [2.24, 2.45) is 5.92 Å². The first-order valence-corrected chi connectivity index (χ1v) is 10.0. The second-order valence-electron chi connectivity index (χ2n) is 7.05. The molecule has 0 aliphatic carbocycles. The highest BCUT2D eigenvalue weighted by molar-refractivity contribution is 5.81. The fourth-order valence-corrected chi connectivity index (χ4v) is 2.80. The van der Waals surface area contributed by atoms with Gasteiger partial charge in [0.25, 0.3) is 0 Å². The van der Waals surface area contributed by atoms with E-state index in [1.54, 1.807) is 7.05 Å². The van der Waals surface area contributed by atoms with E-state index in [-0.39, 0.29) is 18.5 Å². The molecule has 0 aromatic carbocycles. The Balaban J connectivity index is 4.09. The first-order chi connectivity index (χ1) is 12.5. The van der Waals surface area contributed by atoms with E-state index in [0.717, 1.165) is 12.8 Å². The van der Waals surface area contributed by atoms with E-state index in [2.05, 4.69) is 6.92 Å². The SMILES string of the molecule is CCCCCCCCCCOC(=O)C(C(C)C)N(C)C(=O)OCCOC. The second-order valence-corrected chi connectivity index (χ2v) is 7.05. The Labute approximate surface area is 159 Å². The van der Waals surface area contributed by atoms with Crippen LogP contribution in [0.5, 0.6) is 0 Å². The molecule has 0 aromatic rings. The van der Waals surface area contributed by atoms with Gasteiger partial charge in [-0.15, -0.1) is 0 Å². The Morgan fingerprint density at radius 1 is 0.846 bits per heavy atom. The number of carbonyl (C=O) groups excluding carboxylic acids is 2. The zero-order chi connectivity index (χ0) is 19.8. The summed E-state index contributed by atoms with van der Waals surface area (Å²) in [7, 11) is 3.11. The maximum Gasteiger partial charge on any atom is 0.410 e. The van der Waals surface area contributed by atoms with Crippen LogP contribution in [-0.2, 0) is 19.0 Å². The van der Waals surface area contributed by atoms with Crippen LogP contribution in [0.1, 0.15) is 72.1 Å². The van der Waals surface area contributed by atoms with Crippen molar-refractivity contribution in [3.05, 3.63) is 0 Å². The zero-order valence-corrected chi connectivity index (χ0v) is 17.4. The maximum atomic E-state index is 12.4. The molecule has 0 aliphatic rings. The quantitative estimate of drug-likeness (QED) is 0.314. The lowest BCUT2D eigenvalue weighted by molar-refractivity contribution is -0.150. The molecule has 154 valence electrons. The van der Waals surface area contributed by atoms with Gasteiger partial charge in [-0.3, -0.25) is 4.90 Å². The molecule has 0 bridgehead atoms. The number of likely N-dealkylation sites (N-methyl/N-ethyl adjacent to an activating group) is 1. The molecule has 0 spiro atoms. The number of nitrogens with zero attached hydrogens (tertiary/aromatic N) is 1. The van der Waals surface area contributed by atoms with Crippen LogP contribution in [0, 0.1) is 5.92 Å². The lowest BCUT2D eigenvalue weighted by Gasteiger charge is -2.28. The highest BCUT2D eigenvalue weighted by atomic mass is 16.6. The maximum absolute atomic E-state index is 12.4. The normalized spacial score (nSPS) is 12.1. The van der Waals surface area contributed by atoms with Gasteiger partial charge in [-0.1, -0.05) is 65.7 Å². The van der Waals surface area contributed by atoms with Crippen LogP contribution in [0.15, 0.2) is 0 Å². The van der Waals surface area contributed by atoms with Crippen LogP contribution >= 0.6 is 0 Å². The van der Waals surface area contributed by atoms with Crippen molar-refractivity contribution in [1.82, 2.24) is 4.90 Å². The molecule has 0 aromatic heterocycles. The first-order valence-electron chi connectivity index (χ1n) is 10.0. The largest absolute Gasteiger partial charge is 0.464 e. The highest BCUT2D eigenvalue weighted by Crippen LogP contribution is 2.14. The summed E-state index contributed by atoms with van der Waals surface area (Å²) in [6, 6.07) is -0.640. The molecule has 0 rings (SSSR count). The lowest BCUT2D eigenvalue weighted by Crippen LogP contribution is -2.47. The third-order valence-corrected chi connectivity index (χ3v) is 4.33. The van der Waals surface area contributed by atoms with Gasteiger partial charge >= 0.3 is 12.1 Å². The number of amides is 1. The fraction of sp³-hybridized carbons (Fsp3) is 0.900. The number of rotatable bonds is 15. The van der Waals surface area contributed by atoms with Crippen molar-refractivity contribution < 1.29 is 23.8 Å². The number of esters is 1. The third kappa shape index (κ3) is 11.3. The van der Waals surface area contributed by atoms with Gasteiger partial charge < -0.3 is 14.2 Å². The van der Waals surface area contributed by atoms with Crippen molar-refractivity contribution in [2.45, 2.75) is 78.2 Å². The molecule has 6 nitrogen and oxygen atoms in total. The molecule has 1 unspecified atom stereocenters. The molecular weight excluding hydrogens is 334 g/mol. The summed E-state index contributed by atoms with van der Waals surface area (Å²) in [5, 5.41) is 0. The van der Waals surface area contributed by atoms with Crippen molar-refractivity contribution in [1.29, 1.82) is 0 Å².